The van der Waals surface area contributed by atoms with Gasteiger partial charge in [-0.25, -0.2) is 9.97 Å². The van der Waals surface area contributed by atoms with Gasteiger partial charge in [-0.1, -0.05) is 11.6 Å². The van der Waals surface area contributed by atoms with Crippen LogP contribution in [0.25, 0.3) is 0 Å². The van der Waals surface area contributed by atoms with E-state index < -0.39 is 0 Å². The molecule has 1 atom stereocenters. The number of benzene rings is 1. The minimum atomic E-state index is 0.228. The molecule has 0 N–H and O–H groups in total. The van der Waals surface area contributed by atoms with Crippen molar-refractivity contribution in [3.05, 3.63) is 65.4 Å². The minimum Gasteiger partial charge on any atom is -0.490 e. The summed E-state index contributed by atoms with van der Waals surface area (Å²) in [5, 5.41) is 0. The highest BCUT2D eigenvalue weighted by atomic mass is 16.5. The molecule has 2 saturated heterocycles. The van der Waals surface area contributed by atoms with Crippen molar-refractivity contribution in [1.82, 2.24) is 24.8 Å². The fraction of sp³-hybridized carbons (Fsp3) is 0.500. The Labute approximate surface area is 241 Å². The normalized spacial score (nSPS) is 21.9. The lowest BCUT2D eigenvalue weighted by Crippen LogP contribution is -2.65. The molecule has 0 bridgehead atoms. The quantitative estimate of drug-likeness (QED) is 0.360. The van der Waals surface area contributed by atoms with Gasteiger partial charge in [-0.05, 0) is 70.9 Å². The highest BCUT2D eigenvalue weighted by Crippen LogP contribution is 2.52. The Kier molecular flexibility index (Phi) is 6.87. The molecule has 1 aromatic carbocycles. The van der Waals surface area contributed by atoms with Gasteiger partial charge in [0.05, 0.1) is 11.8 Å². The molecule has 3 fully saturated rings. The molecule has 5 heterocycles. The highest BCUT2D eigenvalue weighted by Gasteiger charge is 2.54. The number of carbonyl (C=O) groups excluding carboxylic acids is 1. The van der Waals surface area contributed by atoms with Gasteiger partial charge in [0.25, 0.3) is 0 Å². The summed E-state index contributed by atoms with van der Waals surface area (Å²) in [4.78, 5) is 32.3. The van der Waals surface area contributed by atoms with Crippen LogP contribution in [0.3, 0.4) is 0 Å². The van der Waals surface area contributed by atoms with E-state index >= 15 is 0 Å². The van der Waals surface area contributed by atoms with Crippen LogP contribution in [-0.2, 0) is 13.0 Å². The van der Waals surface area contributed by atoms with Crippen LogP contribution >= 0.6 is 0 Å². The van der Waals surface area contributed by atoms with E-state index in [4.69, 9.17) is 9.47 Å². The average Bonchev–Trinajstić information content (AvgIpc) is 2.94. The van der Waals surface area contributed by atoms with E-state index in [1.807, 2.05) is 31.3 Å². The van der Waals surface area contributed by atoms with Crippen LogP contribution in [0.4, 0.5) is 5.82 Å². The Morgan fingerprint density at radius 2 is 1.98 bits per heavy atom. The number of carbonyl (C=O) groups is 1. The topological polar surface area (TPSA) is 83.9 Å². The van der Waals surface area contributed by atoms with Crippen molar-refractivity contribution in [2.24, 2.45) is 5.41 Å². The largest absolute Gasteiger partial charge is 0.490 e. The van der Waals surface area contributed by atoms with Crippen molar-refractivity contribution in [3.8, 4) is 17.2 Å². The number of likely N-dealkylation sites (tertiary alicyclic amines) is 1. The van der Waals surface area contributed by atoms with Gasteiger partial charge < -0.3 is 19.3 Å². The molecular formula is C32H38N6O3. The molecule has 1 saturated carbocycles. The number of hydrogen-bond donors (Lipinski definition) is 0. The fourth-order valence-electron chi connectivity index (χ4n) is 6.97. The first kappa shape index (κ1) is 26.3. The lowest BCUT2D eigenvalue weighted by atomic mass is 9.61. The van der Waals surface area contributed by atoms with Crippen molar-refractivity contribution < 1.29 is 14.3 Å². The third-order valence-electron chi connectivity index (χ3n) is 9.50. The van der Waals surface area contributed by atoms with Crippen LogP contribution < -0.4 is 14.4 Å². The predicted octanol–water partition coefficient (Wildman–Crippen LogP) is 4.28. The molecule has 3 aliphatic heterocycles. The number of rotatable bonds is 9. The maximum atomic E-state index is 11.6. The van der Waals surface area contributed by atoms with Crippen LogP contribution in [0.1, 0.15) is 52.9 Å². The van der Waals surface area contributed by atoms with Crippen LogP contribution in [0.2, 0.25) is 0 Å². The van der Waals surface area contributed by atoms with Crippen LogP contribution in [0, 0.1) is 12.3 Å². The SMILES string of the molecule is Cc1ccc(Oc2cncnc2N2CC3(CC(Oc4ccnc5c4CN(CCC4CCN4C)CC5)C3)C2)c(C=O)c1. The van der Waals surface area contributed by atoms with E-state index in [0.717, 1.165) is 81.4 Å². The lowest BCUT2D eigenvalue weighted by Gasteiger charge is -2.59. The van der Waals surface area contributed by atoms with Crippen molar-refractivity contribution in [1.29, 1.82) is 0 Å². The van der Waals surface area contributed by atoms with Gasteiger partial charge in [-0.15, -0.1) is 0 Å². The van der Waals surface area contributed by atoms with Crippen LogP contribution in [0.5, 0.6) is 17.2 Å². The molecular weight excluding hydrogens is 516 g/mol. The van der Waals surface area contributed by atoms with Gasteiger partial charge in [0, 0.05) is 61.5 Å². The summed E-state index contributed by atoms with van der Waals surface area (Å²) in [6.45, 7) is 8.16. The number of hydrogen-bond acceptors (Lipinski definition) is 9. The van der Waals surface area contributed by atoms with E-state index in [1.165, 1.54) is 30.6 Å². The molecule has 9 heteroatoms. The highest BCUT2D eigenvalue weighted by molar-refractivity contribution is 5.80. The molecule has 0 amide bonds. The smallest absolute Gasteiger partial charge is 0.188 e. The molecule has 41 heavy (non-hydrogen) atoms. The minimum absolute atomic E-state index is 0.228. The first-order valence-corrected chi connectivity index (χ1v) is 14.8. The maximum absolute atomic E-state index is 11.6. The number of aldehydes is 1. The molecule has 1 spiro atoms. The summed E-state index contributed by atoms with van der Waals surface area (Å²) in [7, 11) is 2.23. The number of nitrogens with zero attached hydrogens (tertiary/aromatic N) is 6. The fourth-order valence-corrected chi connectivity index (χ4v) is 6.97. The van der Waals surface area contributed by atoms with Gasteiger partial charge in [0.1, 0.15) is 23.9 Å². The van der Waals surface area contributed by atoms with Gasteiger partial charge in [-0.2, -0.15) is 0 Å². The second-order valence-electron chi connectivity index (χ2n) is 12.4. The van der Waals surface area contributed by atoms with Gasteiger partial charge in [-0.3, -0.25) is 14.7 Å². The first-order chi connectivity index (χ1) is 20.0. The molecule has 1 aliphatic carbocycles. The van der Waals surface area contributed by atoms with Crippen molar-refractivity contribution >= 4 is 12.1 Å². The second kappa shape index (κ2) is 10.7. The van der Waals surface area contributed by atoms with Crippen molar-refractivity contribution in [3.63, 3.8) is 0 Å². The van der Waals surface area contributed by atoms with Crippen molar-refractivity contribution in [2.45, 2.75) is 57.7 Å². The second-order valence-corrected chi connectivity index (χ2v) is 12.4. The summed E-state index contributed by atoms with van der Waals surface area (Å²) in [6.07, 6.45) is 11.8. The van der Waals surface area contributed by atoms with Crippen LogP contribution in [0.15, 0.2) is 43.0 Å². The summed E-state index contributed by atoms with van der Waals surface area (Å²) in [5.41, 5.74) is 4.26. The van der Waals surface area contributed by atoms with E-state index in [-0.39, 0.29) is 11.5 Å². The van der Waals surface area contributed by atoms with Gasteiger partial charge in [0.15, 0.2) is 17.9 Å². The number of pyridine rings is 1. The lowest BCUT2D eigenvalue weighted by molar-refractivity contribution is -0.0353. The van der Waals surface area contributed by atoms with E-state index in [1.54, 1.807) is 12.5 Å². The molecule has 3 aromatic rings. The first-order valence-electron chi connectivity index (χ1n) is 14.8. The Morgan fingerprint density at radius 3 is 2.76 bits per heavy atom. The predicted molar refractivity (Wildman–Crippen MR) is 156 cm³/mol. The number of ether oxygens (including phenoxy) is 2. The zero-order valence-corrected chi connectivity index (χ0v) is 24.0. The Balaban J connectivity index is 0.954. The van der Waals surface area contributed by atoms with Crippen LogP contribution in [-0.4, -0.2) is 83.0 Å². The number of anilines is 1. The van der Waals surface area contributed by atoms with Crippen molar-refractivity contribution in [2.75, 3.05) is 44.7 Å². The van der Waals surface area contributed by atoms with E-state index in [0.29, 0.717) is 17.1 Å². The van der Waals surface area contributed by atoms with E-state index in [2.05, 4.69) is 42.8 Å². The molecule has 214 valence electrons. The molecule has 4 aliphatic rings. The van der Waals surface area contributed by atoms with E-state index in [9.17, 15) is 4.79 Å². The zero-order chi connectivity index (χ0) is 28.0. The molecule has 9 nitrogen and oxygen atoms in total. The number of aromatic nitrogens is 3. The molecule has 1 unspecified atom stereocenters. The van der Waals surface area contributed by atoms with Gasteiger partial charge in [0.2, 0.25) is 0 Å². The maximum Gasteiger partial charge on any atom is 0.188 e. The summed E-state index contributed by atoms with van der Waals surface area (Å²) in [6, 6.07) is 8.39. The summed E-state index contributed by atoms with van der Waals surface area (Å²) >= 11 is 0. The molecule has 0 radical (unpaired) electrons. The number of aryl methyl sites for hydroxylation is 1. The third-order valence-corrected chi connectivity index (χ3v) is 9.50. The standard InChI is InChI=1S/C32H38N6O3/c1-22-3-4-28(23(13-22)18-39)41-30-16-33-21-35-31(30)38-19-32(20-38)14-25(15-32)40-29-5-9-34-27-8-12-37(17-26(27)29)11-7-24-6-10-36(24)2/h3-5,9,13,16,18,21,24-25H,6-8,10-12,14-15,17,19-20H2,1-2H3. The Bertz CT molecular complexity index is 1430. The Hall–Kier alpha value is -3.56. The molecule has 7 rings (SSSR count). The summed E-state index contributed by atoms with van der Waals surface area (Å²) < 4.78 is 12.7. The summed E-state index contributed by atoms with van der Waals surface area (Å²) in [5.74, 6) is 2.87. The average molecular weight is 555 g/mol. The Morgan fingerprint density at radius 1 is 1.10 bits per heavy atom. The third kappa shape index (κ3) is 5.17. The zero-order valence-electron chi connectivity index (χ0n) is 24.0. The van der Waals surface area contributed by atoms with Gasteiger partial charge >= 0.3 is 0 Å². The monoisotopic (exact) mass is 554 g/mol. The molecule has 2 aromatic heterocycles. The number of fused-ring (bicyclic) bond motifs is 1.